The van der Waals surface area contributed by atoms with Crippen LogP contribution in [0.5, 0.6) is 0 Å². The first kappa shape index (κ1) is 8.75. The summed E-state index contributed by atoms with van der Waals surface area (Å²) in [6, 6.07) is 0. The Morgan fingerprint density at radius 1 is 1.45 bits per heavy atom. The highest BCUT2D eigenvalue weighted by Crippen LogP contribution is 2.30. The van der Waals surface area contributed by atoms with Crippen LogP contribution in [0.25, 0.3) is 0 Å². The fourth-order valence-corrected chi connectivity index (χ4v) is 1.36. The van der Waals surface area contributed by atoms with Crippen LogP contribution < -0.4 is 5.73 Å². The van der Waals surface area contributed by atoms with Gasteiger partial charge in [-0.25, -0.2) is 0 Å². The largest absolute Gasteiger partial charge is 0.381 e. The van der Waals surface area contributed by atoms with E-state index >= 15 is 0 Å². The topological polar surface area (TPSA) is 35.2 Å². The quantitative estimate of drug-likeness (QED) is 0.610. The zero-order chi connectivity index (χ0) is 8.16. The summed E-state index contributed by atoms with van der Waals surface area (Å²) in [6.07, 6.45) is 6.54. The third-order valence-corrected chi connectivity index (χ3v) is 2.29. The molecule has 1 aliphatic heterocycles. The van der Waals surface area contributed by atoms with Crippen LogP contribution in [-0.4, -0.2) is 19.8 Å². The van der Waals surface area contributed by atoms with Crippen LogP contribution in [0.15, 0.2) is 12.2 Å². The first-order valence-corrected chi connectivity index (χ1v) is 4.22. The van der Waals surface area contributed by atoms with Gasteiger partial charge in [0, 0.05) is 19.8 Å². The van der Waals surface area contributed by atoms with Gasteiger partial charge < -0.3 is 10.5 Å². The molecule has 1 aliphatic rings. The molecule has 0 spiro atoms. The summed E-state index contributed by atoms with van der Waals surface area (Å²) in [5.74, 6) is 0. The molecule has 64 valence electrons. The maximum atomic E-state index is 5.39. The van der Waals surface area contributed by atoms with Crippen molar-refractivity contribution in [3.63, 3.8) is 0 Å². The maximum Gasteiger partial charge on any atom is 0.0474 e. The molecule has 0 amide bonds. The van der Waals surface area contributed by atoms with E-state index < -0.39 is 0 Å². The second kappa shape index (κ2) is 3.88. The fraction of sp³-hybridized carbons (Fsp3) is 0.778. The summed E-state index contributed by atoms with van der Waals surface area (Å²) in [6.45, 7) is 4.70. The first-order chi connectivity index (χ1) is 5.27. The van der Waals surface area contributed by atoms with E-state index in [-0.39, 0.29) is 0 Å². The molecule has 1 fully saturated rings. The number of nitrogens with two attached hydrogens (primary N) is 1. The highest BCUT2D eigenvalue weighted by atomic mass is 16.5. The molecule has 0 radical (unpaired) electrons. The van der Waals surface area contributed by atoms with Gasteiger partial charge in [-0.2, -0.15) is 0 Å². The molecular weight excluding hydrogens is 138 g/mol. The lowest BCUT2D eigenvalue weighted by Gasteiger charge is -2.30. The molecule has 2 heteroatoms. The van der Waals surface area contributed by atoms with Crippen LogP contribution >= 0.6 is 0 Å². The van der Waals surface area contributed by atoms with E-state index in [1.165, 1.54) is 0 Å². The average Bonchev–Trinajstić information content (AvgIpc) is 2.03. The Morgan fingerprint density at radius 2 is 2.09 bits per heavy atom. The van der Waals surface area contributed by atoms with E-state index in [2.05, 4.69) is 13.0 Å². The van der Waals surface area contributed by atoms with Crippen LogP contribution in [0.2, 0.25) is 0 Å². The minimum absolute atomic E-state index is 0.345. The summed E-state index contributed by atoms with van der Waals surface area (Å²) >= 11 is 0. The average molecular weight is 155 g/mol. The van der Waals surface area contributed by atoms with E-state index in [1.54, 1.807) is 0 Å². The summed E-state index contributed by atoms with van der Waals surface area (Å²) < 4.78 is 5.28. The van der Waals surface area contributed by atoms with E-state index in [0.29, 0.717) is 12.0 Å². The van der Waals surface area contributed by atoms with Gasteiger partial charge >= 0.3 is 0 Å². The van der Waals surface area contributed by atoms with Crippen molar-refractivity contribution < 1.29 is 4.74 Å². The third-order valence-electron chi connectivity index (χ3n) is 2.29. The van der Waals surface area contributed by atoms with Crippen LogP contribution in [0.1, 0.15) is 19.8 Å². The van der Waals surface area contributed by atoms with Gasteiger partial charge in [-0.15, -0.1) is 0 Å². The summed E-state index contributed by atoms with van der Waals surface area (Å²) in [5, 5.41) is 0. The second-order valence-electron chi connectivity index (χ2n) is 3.40. The van der Waals surface area contributed by atoms with Crippen molar-refractivity contribution in [1.82, 2.24) is 0 Å². The Hall–Kier alpha value is -0.340. The minimum atomic E-state index is 0.345. The van der Waals surface area contributed by atoms with Crippen LogP contribution in [0, 0.1) is 5.41 Å². The van der Waals surface area contributed by atoms with Gasteiger partial charge in [0.15, 0.2) is 0 Å². The van der Waals surface area contributed by atoms with E-state index in [4.69, 9.17) is 10.5 Å². The highest BCUT2D eigenvalue weighted by Gasteiger charge is 2.23. The van der Waals surface area contributed by atoms with Crippen molar-refractivity contribution >= 4 is 0 Å². The summed E-state index contributed by atoms with van der Waals surface area (Å²) in [4.78, 5) is 0. The van der Waals surface area contributed by atoms with Gasteiger partial charge in [-0.1, -0.05) is 19.1 Å². The molecule has 0 bridgehead atoms. The van der Waals surface area contributed by atoms with Gasteiger partial charge in [-0.3, -0.25) is 0 Å². The number of rotatable bonds is 2. The molecule has 2 nitrogen and oxygen atoms in total. The molecule has 1 rings (SSSR count). The third kappa shape index (κ3) is 2.64. The number of allylic oxidation sites excluding steroid dienone is 1. The molecule has 0 atom stereocenters. The molecule has 2 N–H and O–H groups in total. The van der Waals surface area contributed by atoms with Crippen molar-refractivity contribution in [2.45, 2.75) is 19.8 Å². The van der Waals surface area contributed by atoms with Crippen molar-refractivity contribution in [3.05, 3.63) is 12.2 Å². The van der Waals surface area contributed by atoms with Crippen LogP contribution in [-0.2, 0) is 4.74 Å². The monoisotopic (exact) mass is 155 g/mol. The normalized spacial score (nSPS) is 24.2. The SMILES string of the molecule is CC1(/C=C/CN)CCOCC1. The lowest BCUT2D eigenvalue weighted by atomic mass is 9.82. The standard InChI is InChI=1S/C9H17NO/c1-9(3-2-6-10)4-7-11-8-5-9/h2-3H,4-8,10H2,1H3/b3-2+. The Labute approximate surface area is 68.4 Å². The highest BCUT2D eigenvalue weighted by molar-refractivity contribution is 4.98. The van der Waals surface area contributed by atoms with E-state index in [1.807, 2.05) is 6.08 Å². The minimum Gasteiger partial charge on any atom is -0.381 e. The first-order valence-electron chi connectivity index (χ1n) is 4.22. The summed E-state index contributed by atoms with van der Waals surface area (Å²) in [5.41, 5.74) is 5.73. The number of ether oxygens (including phenoxy) is 1. The van der Waals surface area contributed by atoms with Crippen LogP contribution in [0.4, 0.5) is 0 Å². The zero-order valence-electron chi connectivity index (χ0n) is 7.18. The van der Waals surface area contributed by atoms with Gasteiger partial charge in [-0.05, 0) is 18.3 Å². The van der Waals surface area contributed by atoms with Gasteiger partial charge in [0.05, 0.1) is 0 Å². The lowest BCUT2D eigenvalue weighted by Crippen LogP contribution is -2.24. The van der Waals surface area contributed by atoms with Crippen molar-refractivity contribution in [2.24, 2.45) is 11.1 Å². The molecule has 0 aliphatic carbocycles. The Kier molecular flexibility index (Phi) is 3.09. The number of hydrogen-bond donors (Lipinski definition) is 1. The zero-order valence-corrected chi connectivity index (χ0v) is 7.18. The van der Waals surface area contributed by atoms with Crippen molar-refractivity contribution in [2.75, 3.05) is 19.8 Å². The molecular formula is C9H17NO. The molecule has 0 aromatic heterocycles. The van der Waals surface area contributed by atoms with Crippen molar-refractivity contribution in [3.8, 4) is 0 Å². The predicted molar refractivity (Wildman–Crippen MR) is 46.4 cm³/mol. The maximum absolute atomic E-state index is 5.39. The van der Waals surface area contributed by atoms with Gasteiger partial charge in [0.2, 0.25) is 0 Å². The Morgan fingerprint density at radius 3 is 2.64 bits per heavy atom. The molecule has 0 aromatic carbocycles. The fourth-order valence-electron chi connectivity index (χ4n) is 1.36. The Bertz CT molecular complexity index is 136. The van der Waals surface area contributed by atoms with Gasteiger partial charge in [0.1, 0.15) is 0 Å². The van der Waals surface area contributed by atoms with E-state index in [9.17, 15) is 0 Å². The molecule has 1 saturated heterocycles. The van der Waals surface area contributed by atoms with Crippen LogP contribution in [0.3, 0.4) is 0 Å². The lowest BCUT2D eigenvalue weighted by molar-refractivity contribution is 0.0449. The summed E-state index contributed by atoms with van der Waals surface area (Å²) in [7, 11) is 0. The van der Waals surface area contributed by atoms with Crippen molar-refractivity contribution in [1.29, 1.82) is 0 Å². The second-order valence-corrected chi connectivity index (χ2v) is 3.40. The molecule has 0 aromatic rings. The molecule has 0 unspecified atom stereocenters. The number of hydrogen-bond acceptors (Lipinski definition) is 2. The Balaban J connectivity index is 2.43. The van der Waals surface area contributed by atoms with E-state index in [0.717, 1.165) is 26.1 Å². The van der Waals surface area contributed by atoms with Gasteiger partial charge in [0.25, 0.3) is 0 Å². The predicted octanol–water partition coefficient (Wildman–Crippen LogP) is 1.32. The molecule has 1 heterocycles. The molecule has 11 heavy (non-hydrogen) atoms. The molecule has 0 saturated carbocycles. The smallest absolute Gasteiger partial charge is 0.0474 e.